The first-order chi connectivity index (χ1) is 9.92. The molecule has 21 heavy (non-hydrogen) atoms. The maximum atomic E-state index is 5.44. The van der Waals surface area contributed by atoms with Gasteiger partial charge in [0.1, 0.15) is 0 Å². The summed E-state index contributed by atoms with van der Waals surface area (Å²) in [6, 6.07) is 2.34. The summed E-state index contributed by atoms with van der Waals surface area (Å²) in [6.45, 7) is 0. The van der Waals surface area contributed by atoms with Crippen molar-refractivity contribution in [2.75, 3.05) is 49.5 Å². The average Bonchev–Trinajstić information content (AvgIpc) is 2.45. The van der Waals surface area contributed by atoms with E-state index >= 15 is 0 Å². The number of hydrogen-bond donors (Lipinski definition) is 0. The van der Waals surface area contributed by atoms with Crippen LogP contribution in [0.4, 0.5) is 0 Å². The first-order valence-corrected chi connectivity index (χ1v) is 11.7. The zero-order valence-electron chi connectivity index (χ0n) is 15.1. The van der Waals surface area contributed by atoms with Crippen LogP contribution in [0.1, 0.15) is 25.7 Å². The van der Waals surface area contributed by atoms with Gasteiger partial charge in [-0.25, -0.2) is 0 Å². The Morgan fingerprint density at radius 3 is 1.71 bits per heavy atom. The SMILES string of the molecule is CO[Si](CCCCCC[SiH2]C(N(C)C)N(C)C)(OC)OC. The van der Waals surface area contributed by atoms with E-state index in [-0.39, 0.29) is 9.52 Å². The Morgan fingerprint density at radius 2 is 1.29 bits per heavy atom. The second-order valence-electron chi connectivity index (χ2n) is 6.01. The van der Waals surface area contributed by atoms with Gasteiger partial charge in [-0.2, -0.15) is 0 Å². The molecule has 0 bridgehead atoms. The zero-order chi connectivity index (χ0) is 16.3. The van der Waals surface area contributed by atoms with Gasteiger partial charge in [0.05, 0.1) is 9.52 Å². The van der Waals surface area contributed by atoms with Gasteiger partial charge in [-0.3, -0.25) is 9.80 Å². The maximum Gasteiger partial charge on any atom is 0.500 e. The molecule has 0 aromatic rings. The van der Waals surface area contributed by atoms with E-state index in [1.165, 1.54) is 25.3 Å². The second-order valence-corrected chi connectivity index (χ2v) is 11.1. The van der Waals surface area contributed by atoms with Crippen LogP contribution in [-0.2, 0) is 13.3 Å². The van der Waals surface area contributed by atoms with E-state index in [0.29, 0.717) is 5.79 Å². The summed E-state index contributed by atoms with van der Waals surface area (Å²) < 4.78 is 16.3. The lowest BCUT2D eigenvalue weighted by Crippen LogP contribution is -2.44. The van der Waals surface area contributed by atoms with Crippen LogP contribution >= 0.6 is 0 Å². The summed E-state index contributed by atoms with van der Waals surface area (Å²) in [5, 5.41) is 0. The van der Waals surface area contributed by atoms with Crippen molar-refractivity contribution in [3.05, 3.63) is 0 Å². The summed E-state index contributed by atoms with van der Waals surface area (Å²) in [5.41, 5.74) is 0. The van der Waals surface area contributed by atoms with Crippen molar-refractivity contribution in [2.24, 2.45) is 0 Å². The molecule has 0 amide bonds. The number of hydrogen-bond acceptors (Lipinski definition) is 5. The second kappa shape index (κ2) is 11.8. The summed E-state index contributed by atoms with van der Waals surface area (Å²) in [4.78, 5) is 4.70. The maximum absolute atomic E-state index is 5.44. The van der Waals surface area contributed by atoms with Crippen LogP contribution in [0.3, 0.4) is 0 Å². The van der Waals surface area contributed by atoms with Crippen LogP contribution < -0.4 is 0 Å². The Hall–Kier alpha value is 0.234. The molecule has 0 aromatic heterocycles. The predicted octanol–water partition coefficient (Wildman–Crippen LogP) is 1.42. The van der Waals surface area contributed by atoms with Crippen LogP contribution in [-0.4, -0.2) is 83.4 Å². The van der Waals surface area contributed by atoms with Gasteiger partial charge in [0.25, 0.3) is 0 Å². The molecule has 0 atom stereocenters. The fourth-order valence-corrected chi connectivity index (χ4v) is 6.57. The van der Waals surface area contributed by atoms with Crippen molar-refractivity contribution in [2.45, 2.75) is 43.6 Å². The Kier molecular flexibility index (Phi) is 11.9. The standard InChI is InChI=1S/C14H36N2O3Si2/c1-15(2)14(16(3)4)20-12-10-8-9-11-13-21(17-5,18-6)19-7/h14H,8-13,20H2,1-7H3. The highest BCUT2D eigenvalue weighted by atomic mass is 28.4. The third-order valence-electron chi connectivity index (χ3n) is 4.07. The molecule has 128 valence electrons. The van der Waals surface area contributed by atoms with Crippen molar-refractivity contribution < 1.29 is 13.3 Å². The smallest absolute Gasteiger partial charge is 0.377 e. The summed E-state index contributed by atoms with van der Waals surface area (Å²) >= 11 is 0. The van der Waals surface area contributed by atoms with Gasteiger partial charge < -0.3 is 13.3 Å². The van der Waals surface area contributed by atoms with Crippen LogP contribution in [0.5, 0.6) is 0 Å². The molecule has 0 N–H and O–H groups in total. The van der Waals surface area contributed by atoms with Crippen LogP contribution in [0, 0.1) is 0 Å². The minimum absolute atomic E-state index is 0.0580. The first kappa shape index (κ1) is 21.2. The van der Waals surface area contributed by atoms with Crippen molar-refractivity contribution in [3.8, 4) is 0 Å². The number of unbranched alkanes of at least 4 members (excludes halogenated alkanes) is 3. The Morgan fingerprint density at radius 1 is 0.810 bits per heavy atom. The first-order valence-electron chi connectivity index (χ1n) is 7.90. The lowest BCUT2D eigenvalue weighted by Gasteiger charge is -2.30. The average molecular weight is 337 g/mol. The highest BCUT2D eigenvalue weighted by molar-refractivity contribution is 6.60. The van der Waals surface area contributed by atoms with Gasteiger partial charge >= 0.3 is 8.80 Å². The van der Waals surface area contributed by atoms with Crippen molar-refractivity contribution in [1.82, 2.24) is 9.80 Å². The van der Waals surface area contributed by atoms with E-state index in [4.69, 9.17) is 13.3 Å². The third-order valence-corrected chi connectivity index (χ3v) is 9.79. The summed E-state index contributed by atoms with van der Waals surface area (Å²) in [6.07, 6.45) is 5.04. The van der Waals surface area contributed by atoms with E-state index in [2.05, 4.69) is 38.0 Å². The van der Waals surface area contributed by atoms with Crippen molar-refractivity contribution >= 4 is 18.3 Å². The molecule has 0 saturated carbocycles. The molecular weight excluding hydrogens is 300 g/mol. The van der Waals surface area contributed by atoms with Crippen molar-refractivity contribution in [3.63, 3.8) is 0 Å². The molecule has 0 aromatic carbocycles. The van der Waals surface area contributed by atoms with E-state index in [9.17, 15) is 0 Å². The molecule has 0 aliphatic heterocycles. The fourth-order valence-electron chi connectivity index (χ4n) is 2.73. The molecule has 0 spiro atoms. The quantitative estimate of drug-likeness (QED) is 0.289. The summed E-state index contributed by atoms with van der Waals surface area (Å²) in [7, 11) is 11.4. The molecule has 0 rings (SSSR count). The molecule has 5 nitrogen and oxygen atoms in total. The van der Waals surface area contributed by atoms with Gasteiger partial charge in [-0.15, -0.1) is 0 Å². The van der Waals surface area contributed by atoms with Gasteiger partial charge in [0, 0.05) is 33.2 Å². The largest absolute Gasteiger partial charge is 0.500 e. The molecule has 0 aliphatic carbocycles. The molecule has 0 saturated heterocycles. The molecular formula is C14H36N2O3Si2. The van der Waals surface area contributed by atoms with Gasteiger partial charge in [0.15, 0.2) is 0 Å². The number of nitrogens with zero attached hydrogens (tertiary/aromatic N) is 2. The summed E-state index contributed by atoms with van der Waals surface area (Å²) in [5.74, 6) is 0.681. The monoisotopic (exact) mass is 336 g/mol. The molecule has 0 unspecified atom stereocenters. The zero-order valence-corrected chi connectivity index (χ0v) is 17.6. The Bertz CT molecular complexity index is 236. The Balaban J connectivity index is 3.73. The van der Waals surface area contributed by atoms with Crippen LogP contribution in [0.2, 0.25) is 12.1 Å². The molecule has 7 heteroatoms. The third kappa shape index (κ3) is 8.44. The van der Waals surface area contributed by atoms with Gasteiger partial charge in [0.2, 0.25) is 0 Å². The van der Waals surface area contributed by atoms with Gasteiger partial charge in [-0.1, -0.05) is 25.3 Å². The van der Waals surface area contributed by atoms with E-state index in [0.717, 1.165) is 12.5 Å². The van der Waals surface area contributed by atoms with Gasteiger partial charge in [-0.05, 0) is 34.6 Å². The molecule has 0 heterocycles. The van der Waals surface area contributed by atoms with E-state index in [1.807, 2.05) is 0 Å². The van der Waals surface area contributed by atoms with E-state index in [1.54, 1.807) is 21.3 Å². The lowest BCUT2D eigenvalue weighted by atomic mass is 10.2. The minimum Gasteiger partial charge on any atom is -0.377 e. The normalized spacial score (nSPS) is 13.4. The lowest BCUT2D eigenvalue weighted by molar-refractivity contribution is 0.122. The molecule has 0 fully saturated rings. The fraction of sp³-hybridized carbons (Fsp3) is 1.00. The molecule has 0 aliphatic rings. The van der Waals surface area contributed by atoms with E-state index < -0.39 is 8.80 Å². The highest BCUT2D eigenvalue weighted by Gasteiger charge is 2.36. The van der Waals surface area contributed by atoms with Crippen LogP contribution in [0.25, 0.3) is 0 Å². The minimum atomic E-state index is -2.34. The van der Waals surface area contributed by atoms with Crippen molar-refractivity contribution in [1.29, 1.82) is 0 Å². The highest BCUT2D eigenvalue weighted by Crippen LogP contribution is 2.18. The Labute approximate surface area is 135 Å². The van der Waals surface area contributed by atoms with Crippen LogP contribution in [0.15, 0.2) is 0 Å². The number of rotatable bonds is 13. The molecule has 0 radical (unpaired) electrons. The predicted molar refractivity (Wildman–Crippen MR) is 94.6 cm³/mol. The topological polar surface area (TPSA) is 34.2 Å².